The number of amides is 3. The lowest BCUT2D eigenvalue weighted by atomic mass is 10.0. The molecule has 1 saturated heterocycles. The lowest BCUT2D eigenvalue weighted by Gasteiger charge is -2.28. The van der Waals surface area contributed by atoms with Gasteiger partial charge >= 0.3 is 18.1 Å². The molecular formula is C22H31N3O6. The van der Waals surface area contributed by atoms with Crippen molar-refractivity contribution in [3.8, 4) is 0 Å². The van der Waals surface area contributed by atoms with Crippen LogP contribution in [0.1, 0.15) is 39.2 Å². The number of aliphatic carboxylic acids is 1. The fourth-order valence-electron chi connectivity index (χ4n) is 3.43. The molecule has 1 aromatic carbocycles. The number of likely N-dealkylation sites (N-methyl/N-ethyl adjacent to an activating group) is 1. The van der Waals surface area contributed by atoms with Gasteiger partial charge in [-0.2, -0.15) is 0 Å². The molecule has 2 atom stereocenters. The van der Waals surface area contributed by atoms with Crippen molar-refractivity contribution in [3.63, 3.8) is 0 Å². The van der Waals surface area contributed by atoms with E-state index < -0.39 is 35.8 Å². The number of likely N-dealkylation sites (tertiary alicyclic amines) is 1. The molecule has 0 saturated carbocycles. The van der Waals surface area contributed by atoms with Crippen LogP contribution in [-0.4, -0.2) is 76.6 Å². The molecular weight excluding hydrogens is 402 g/mol. The van der Waals surface area contributed by atoms with Crippen LogP contribution in [0.25, 0.3) is 0 Å². The first-order chi connectivity index (χ1) is 14.5. The van der Waals surface area contributed by atoms with Crippen LogP contribution in [-0.2, 0) is 20.7 Å². The topological polar surface area (TPSA) is 116 Å². The predicted molar refractivity (Wildman–Crippen MR) is 114 cm³/mol. The van der Waals surface area contributed by atoms with Gasteiger partial charge in [0.05, 0.1) is 12.6 Å². The van der Waals surface area contributed by atoms with Crippen molar-refractivity contribution in [2.45, 2.75) is 57.7 Å². The average molecular weight is 434 g/mol. The van der Waals surface area contributed by atoms with Crippen molar-refractivity contribution in [1.82, 2.24) is 15.1 Å². The third-order valence-corrected chi connectivity index (χ3v) is 4.87. The Labute approximate surface area is 182 Å². The van der Waals surface area contributed by atoms with Crippen LogP contribution in [0.3, 0.4) is 0 Å². The summed E-state index contributed by atoms with van der Waals surface area (Å²) < 4.78 is 5.27. The Hall–Kier alpha value is -3.10. The van der Waals surface area contributed by atoms with Crippen molar-refractivity contribution >= 4 is 23.9 Å². The van der Waals surface area contributed by atoms with Gasteiger partial charge in [0, 0.05) is 13.6 Å². The maximum Gasteiger partial charge on any atom is 0.408 e. The summed E-state index contributed by atoms with van der Waals surface area (Å²) in [6.07, 6.45) is 0.505. The van der Waals surface area contributed by atoms with Gasteiger partial charge in [-0.15, -0.1) is 0 Å². The molecule has 2 rings (SSSR count). The molecule has 31 heavy (non-hydrogen) atoms. The number of carbonyl (C=O) groups is 4. The highest BCUT2D eigenvalue weighted by molar-refractivity contribution is 5.92. The summed E-state index contributed by atoms with van der Waals surface area (Å²) in [5.74, 6) is -1.43. The minimum absolute atomic E-state index is 0.239. The molecule has 170 valence electrons. The summed E-state index contributed by atoms with van der Waals surface area (Å²) in [7, 11) is 1.45. The molecule has 0 unspecified atom stereocenters. The third kappa shape index (κ3) is 7.27. The zero-order valence-electron chi connectivity index (χ0n) is 18.5. The molecule has 9 nitrogen and oxygen atoms in total. The summed E-state index contributed by atoms with van der Waals surface area (Å²) in [4.78, 5) is 51.8. The Morgan fingerprint density at radius 3 is 2.45 bits per heavy atom. The maximum atomic E-state index is 13.0. The van der Waals surface area contributed by atoms with Crippen molar-refractivity contribution in [2.24, 2.45) is 0 Å². The van der Waals surface area contributed by atoms with E-state index in [1.165, 1.54) is 16.8 Å². The van der Waals surface area contributed by atoms with Gasteiger partial charge in [-0.3, -0.25) is 4.79 Å². The van der Waals surface area contributed by atoms with Gasteiger partial charge < -0.3 is 25.0 Å². The predicted octanol–water partition coefficient (Wildman–Crippen LogP) is 2.29. The molecule has 1 aliphatic heterocycles. The molecule has 2 N–H and O–H groups in total. The summed E-state index contributed by atoms with van der Waals surface area (Å²) in [5, 5.41) is 11.9. The Morgan fingerprint density at radius 1 is 1.23 bits per heavy atom. The van der Waals surface area contributed by atoms with Crippen molar-refractivity contribution in [3.05, 3.63) is 35.9 Å². The Morgan fingerprint density at radius 2 is 1.87 bits per heavy atom. The number of nitrogens with one attached hydrogen (secondary N) is 1. The number of ether oxygens (including phenoxy) is 1. The van der Waals surface area contributed by atoms with Crippen LogP contribution in [0.2, 0.25) is 0 Å². The van der Waals surface area contributed by atoms with E-state index >= 15 is 0 Å². The smallest absolute Gasteiger partial charge is 0.408 e. The summed E-state index contributed by atoms with van der Waals surface area (Å²) in [6.45, 7) is 5.23. The lowest BCUT2D eigenvalue weighted by molar-refractivity contribution is -0.141. The highest BCUT2D eigenvalue weighted by Gasteiger charge is 2.36. The number of urea groups is 1. The maximum absolute atomic E-state index is 13.0. The monoisotopic (exact) mass is 433 g/mol. The fourth-order valence-corrected chi connectivity index (χ4v) is 3.43. The van der Waals surface area contributed by atoms with Gasteiger partial charge in [0.15, 0.2) is 5.78 Å². The second-order valence-corrected chi connectivity index (χ2v) is 8.68. The lowest BCUT2D eigenvalue weighted by Crippen LogP contribution is -2.51. The Balaban J connectivity index is 2.09. The number of ketones is 1. The zero-order chi connectivity index (χ0) is 23.2. The molecule has 0 spiro atoms. The van der Waals surface area contributed by atoms with E-state index in [9.17, 15) is 24.3 Å². The number of benzene rings is 1. The number of hydrogen-bond acceptors (Lipinski definition) is 5. The van der Waals surface area contributed by atoms with Crippen molar-refractivity contribution < 1.29 is 29.0 Å². The van der Waals surface area contributed by atoms with Crippen LogP contribution in [0.5, 0.6) is 0 Å². The molecule has 1 aromatic rings. The molecule has 1 aliphatic rings. The molecule has 3 amide bonds. The van der Waals surface area contributed by atoms with E-state index in [1.54, 1.807) is 20.8 Å². The van der Waals surface area contributed by atoms with Gasteiger partial charge in [-0.25, -0.2) is 14.4 Å². The van der Waals surface area contributed by atoms with Crippen molar-refractivity contribution in [1.29, 1.82) is 0 Å². The number of carbonyl (C=O) groups excluding carboxylic acids is 3. The molecule has 0 bridgehead atoms. The minimum Gasteiger partial charge on any atom is -0.480 e. The van der Waals surface area contributed by atoms with E-state index in [2.05, 4.69) is 5.32 Å². The molecule has 1 heterocycles. The van der Waals surface area contributed by atoms with Gasteiger partial charge in [-0.1, -0.05) is 30.3 Å². The molecule has 0 aromatic heterocycles. The number of alkyl carbamates (subject to hydrolysis) is 1. The first-order valence-electron chi connectivity index (χ1n) is 10.3. The SMILES string of the molecule is CN(CC(=O)[C@H](Cc1ccccc1)NC(=O)OC(C)(C)C)C(=O)N1CCC[C@H]1C(=O)O. The summed E-state index contributed by atoms with van der Waals surface area (Å²) in [5.41, 5.74) is 0.120. The van der Waals surface area contributed by atoms with E-state index in [1.807, 2.05) is 30.3 Å². The van der Waals surface area contributed by atoms with E-state index in [0.29, 0.717) is 19.4 Å². The number of Topliss-reactive ketones (excluding diaryl/α,β-unsaturated/α-hetero) is 1. The minimum atomic E-state index is -1.06. The highest BCUT2D eigenvalue weighted by atomic mass is 16.6. The number of carboxylic acid groups (broad SMARTS) is 1. The molecule has 0 radical (unpaired) electrons. The summed E-state index contributed by atoms with van der Waals surface area (Å²) in [6, 6.07) is 6.89. The quantitative estimate of drug-likeness (QED) is 0.682. The average Bonchev–Trinajstić information content (AvgIpc) is 3.16. The molecule has 1 fully saturated rings. The standard InChI is InChI=1S/C22H31N3O6/c1-22(2,3)31-20(29)23-16(13-15-9-6-5-7-10-15)18(26)14-24(4)21(30)25-12-8-11-17(25)19(27)28/h5-7,9-10,16-17H,8,11-14H2,1-4H3,(H,23,29)(H,27,28)/t16-,17-/m0/s1. The third-order valence-electron chi connectivity index (χ3n) is 4.87. The van der Waals surface area contributed by atoms with Crippen LogP contribution >= 0.6 is 0 Å². The summed E-state index contributed by atoms with van der Waals surface area (Å²) >= 11 is 0. The first-order valence-corrected chi connectivity index (χ1v) is 10.3. The van der Waals surface area contributed by atoms with Crippen molar-refractivity contribution in [2.75, 3.05) is 20.1 Å². The van der Waals surface area contributed by atoms with Gasteiger partial charge in [0.2, 0.25) is 0 Å². The Bertz CT molecular complexity index is 805. The van der Waals surface area contributed by atoms with E-state index in [-0.39, 0.29) is 18.7 Å². The number of nitrogens with zero attached hydrogens (tertiary/aromatic N) is 2. The first kappa shape index (κ1) is 24.2. The highest BCUT2D eigenvalue weighted by Crippen LogP contribution is 2.19. The van der Waals surface area contributed by atoms with Gasteiger partial charge in [0.1, 0.15) is 11.6 Å². The van der Waals surface area contributed by atoms with Gasteiger partial charge in [-0.05, 0) is 45.6 Å². The second kappa shape index (κ2) is 10.3. The zero-order valence-corrected chi connectivity index (χ0v) is 18.5. The Kier molecular flexibility index (Phi) is 8.01. The van der Waals surface area contributed by atoms with Gasteiger partial charge in [0.25, 0.3) is 0 Å². The molecule has 9 heteroatoms. The number of carboxylic acids is 1. The van der Waals surface area contributed by atoms with E-state index in [4.69, 9.17) is 4.74 Å². The number of hydrogen-bond donors (Lipinski definition) is 2. The van der Waals surface area contributed by atoms with Crippen LogP contribution in [0, 0.1) is 0 Å². The second-order valence-electron chi connectivity index (χ2n) is 8.68. The normalized spacial score (nSPS) is 17.0. The van der Waals surface area contributed by atoms with Crippen LogP contribution in [0.15, 0.2) is 30.3 Å². The van der Waals surface area contributed by atoms with Crippen LogP contribution < -0.4 is 5.32 Å². The van der Waals surface area contributed by atoms with E-state index in [0.717, 1.165) is 5.56 Å². The largest absolute Gasteiger partial charge is 0.480 e. The molecule has 0 aliphatic carbocycles. The number of rotatable bonds is 7. The van der Waals surface area contributed by atoms with Crippen LogP contribution in [0.4, 0.5) is 9.59 Å². The fraction of sp³-hybridized carbons (Fsp3) is 0.545.